The van der Waals surface area contributed by atoms with Crippen LogP contribution in [-0.2, 0) is 21.2 Å². The van der Waals surface area contributed by atoms with Gasteiger partial charge in [0.1, 0.15) is 0 Å². The number of rotatable bonds is 7. The summed E-state index contributed by atoms with van der Waals surface area (Å²) in [4.78, 5) is 26.8. The fourth-order valence-corrected chi connectivity index (χ4v) is 5.39. The minimum Gasteiger partial charge on any atom is -0.481 e. The summed E-state index contributed by atoms with van der Waals surface area (Å²) in [7, 11) is -2.64. The zero-order valence-electron chi connectivity index (χ0n) is 18.5. The monoisotopic (exact) mass is 512 g/mol. The normalized spacial score (nSPS) is 11.4. The summed E-state index contributed by atoms with van der Waals surface area (Å²) in [5.41, 5.74) is 2.91. The Labute approximate surface area is 206 Å². The van der Waals surface area contributed by atoms with Gasteiger partial charge in [0.2, 0.25) is 0 Å². The molecule has 11 heteroatoms. The van der Waals surface area contributed by atoms with E-state index in [0.717, 1.165) is 15.1 Å². The number of carbonyl (C=O) groups is 2. The van der Waals surface area contributed by atoms with Crippen molar-refractivity contribution >= 4 is 50.2 Å². The van der Waals surface area contributed by atoms with Crippen LogP contribution < -0.4 is 10.6 Å². The Morgan fingerprint density at radius 3 is 2.57 bits per heavy atom. The number of fused-ring (bicyclic) bond motifs is 1. The number of hydrogen-bond acceptors (Lipinski definition) is 5. The number of urea groups is 1. The maximum absolute atomic E-state index is 13.6. The highest BCUT2D eigenvalue weighted by molar-refractivity contribution is 7.90. The summed E-state index contributed by atoms with van der Waals surface area (Å²) in [5, 5.41) is 14.8. The molecule has 0 aliphatic heterocycles. The number of aliphatic carboxylic acids is 1. The van der Waals surface area contributed by atoms with E-state index in [1.165, 1.54) is 31.4 Å². The van der Waals surface area contributed by atoms with Gasteiger partial charge in [-0.1, -0.05) is 23.7 Å². The summed E-state index contributed by atoms with van der Waals surface area (Å²) in [6.45, 7) is 0. The lowest BCUT2D eigenvalue weighted by Gasteiger charge is -2.11. The molecule has 0 saturated carbocycles. The number of halogens is 1. The highest BCUT2D eigenvalue weighted by atomic mass is 35.5. The first-order chi connectivity index (χ1) is 16.7. The average Bonchev–Trinajstić information content (AvgIpc) is 3.23. The Kier molecular flexibility index (Phi) is 6.77. The molecule has 3 N–H and O–H groups in total. The number of hydrogen-bond donors (Lipinski definition) is 3. The Bertz CT molecular complexity index is 1530. The summed E-state index contributed by atoms with van der Waals surface area (Å²) in [6, 6.07) is 12.5. The highest BCUT2D eigenvalue weighted by Gasteiger charge is 2.23. The third kappa shape index (κ3) is 4.98. The van der Waals surface area contributed by atoms with E-state index in [0.29, 0.717) is 16.5 Å². The standard InChI is InChI=1S/C24H21ClN4O5S/c1-26-24(32)28-21-7-6-18(12-20(21)25)35(33,34)29-14-17(5-9-23(30)31)19-11-15(4-8-22(19)29)16-3-2-10-27-13-16/h2-4,6-8,10-14H,5,9H2,1H3,(H,30,31)(H2,26,28,32). The van der Waals surface area contributed by atoms with Crippen molar-refractivity contribution in [1.29, 1.82) is 0 Å². The molecule has 0 atom stereocenters. The molecule has 2 aromatic carbocycles. The molecule has 0 aliphatic carbocycles. The summed E-state index contributed by atoms with van der Waals surface area (Å²) < 4.78 is 28.3. The van der Waals surface area contributed by atoms with Crippen molar-refractivity contribution in [3.63, 3.8) is 0 Å². The van der Waals surface area contributed by atoms with Crippen molar-refractivity contribution in [3.05, 3.63) is 77.7 Å². The van der Waals surface area contributed by atoms with Crippen molar-refractivity contribution in [2.75, 3.05) is 12.4 Å². The van der Waals surface area contributed by atoms with Crippen molar-refractivity contribution in [3.8, 4) is 11.1 Å². The van der Waals surface area contributed by atoms with Crippen LogP contribution in [0.4, 0.5) is 10.5 Å². The van der Waals surface area contributed by atoms with Crippen LogP contribution >= 0.6 is 11.6 Å². The second kappa shape index (κ2) is 9.77. The molecular weight excluding hydrogens is 492 g/mol. The quantitative estimate of drug-likeness (QED) is 0.337. The molecule has 0 radical (unpaired) electrons. The van der Waals surface area contributed by atoms with Gasteiger partial charge in [-0.15, -0.1) is 0 Å². The van der Waals surface area contributed by atoms with Gasteiger partial charge in [0.25, 0.3) is 10.0 Å². The Balaban J connectivity index is 1.82. The summed E-state index contributed by atoms with van der Waals surface area (Å²) in [6.07, 6.45) is 4.80. The first-order valence-electron chi connectivity index (χ1n) is 10.5. The third-order valence-electron chi connectivity index (χ3n) is 5.43. The number of nitrogens with zero attached hydrogens (tertiary/aromatic N) is 2. The van der Waals surface area contributed by atoms with Gasteiger partial charge in [0, 0.05) is 43.0 Å². The lowest BCUT2D eigenvalue weighted by molar-refractivity contribution is -0.136. The van der Waals surface area contributed by atoms with Crippen LogP contribution in [0.1, 0.15) is 12.0 Å². The van der Waals surface area contributed by atoms with E-state index in [1.807, 2.05) is 12.1 Å². The van der Waals surface area contributed by atoms with Gasteiger partial charge in [0.05, 0.1) is 21.1 Å². The van der Waals surface area contributed by atoms with Crippen LogP contribution in [0.15, 0.2) is 72.0 Å². The number of aryl methyl sites for hydroxylation is 1. The number of nitrogens with one attached hydrogen (secondary N) is 2. The number of pyridine rings is 1. The Hall–Kier alpha value is -3.89. The first kappa shape index (κ1) is 24.2. The number of amides is 2. The molecule has 2 amide bonds. The van der Waals surface area contributed by atoms with E-state index >= 15 is 0 Å². The number of anilines is 1. The molecule has 0 bridgehead atoms. The van der Waals surface area contributed by atoms with E-state index < -0.39 is 22.0 Å². The van der Waals surface area contributed by atoms with Gasteiger partial charge >= 0.3 is 12.0 Å². The Morgan fingerprint density at radius 1 is 1.11 bits per heavy atom. The molecule has 35 heavy (non-hydrogen) atoms. The van der Waals surface area contributed by atoms with Gasteiger partial charge in [-0.05, 0) is 53.9 Å². The second-order valence-corrected chi connectivity index (χ2v) is 9.89. The van der Waals surface area contributed by atoms with Crippen LogP contribution in [0.5, 0.6) is 0 Å². The van der Waals surface area contributed by atoms with Crippen LogP contribution in [0.2, 0.25) is 5.02 Å². The second-order valence-electron chi connectivity index (χ2n) is 7.67. The SMILES string of the molecule is CNC(=O)Nc1ccc(S(=O)(=O)n2cc(CCC(=O)O)c3cc(-c4cccnc4)ccc32)cc1Cl. The van der Waals surface area contributed by atoms with Crippen molar-refractivity contribution < 1.29 is 23.1 Å². The maximum Gasteiger partial charge on any atom is 0.319 e. The highest BCUT2D eigenvalue weighted by Crippen LogP contribution is 2.32. The van der Waals surface area contributed by atoms with Gasteiger partial charge in [-0.2, -0.15) is 0 Å². The van der Waals surface area contributed by atoms with Gasteiger partial charge in [-0.25, -0.2) is 17.2 Å². The molecule has 0 unspecified atom stereocenters. The number of carbonyl (C=O) groups excluding carboxylic acids is 1. The molecule has 180 valence electrons. The molecule has 9 nitrogen and oxygen atoms in total. The number of carboxylic acid groups (broad SMARTS) is 1. The molecule has 2 heterocycles. The van der Waals surface area contributed by atoms with Crippen LogP contribution in [0, 0.1) is 0 Å². The van der Waals surface area contributed by atoms with Crippen LogP contribution in [0.25, 0.3) is 22.0 Å². The molecule has 0 fully saturated rings. The molecule has 4 rings (SSSR count). The molecule has 4 aromatic rings. The minimum atomic E-state index is -4.09. The van der Waals surface area contributed by atoms with E-state index in [-0.39, 0.29) is 28.4 Å². The maximum atomic E-state index is 13.6. The first-order valence-corrected chi connectivity index (χ1v) is 12.3. The van der Waals surface area contributed by atoms with E-state index in [9.17, 15) is 23.1 Å². The summed E-state index contributed by atoms with van der Waals surface area (Å²) in [5.74, 6) is -0.983. The molecule has 0 aliphatic rings. The van der Waals surface area contributed by atoms with E-state index in [2.05, 4.69) is 15.6 Å². The topological polar surface area (TPSA) is 130 Å². The number of carboxylic acids is 1. The largest absolute Gasteiger partial charge is 0.481 e. The number of aromatic nitrogens is 2. The zero-order chi connectivity index (χ0) is 25.2. The predicted octanol–water partition coefficient (Wildman–Crippen LogP) is 4.36. The van der Waals surface area contributed by atoms with Gasteiger partial charge < -0.3 is 15.7 Å². The smallest absolute Gasteiger partial charge is 0.319 e. The third-order valence-corrected chi connectivity index (χ3v) is 7.41. The van der Waals surface area contributed by atoms with Crippen LogP contribution in [0.3, 0.4) is 0 Å². The lowest BCUT2D eigenvalue weighted by Crippen LogP contribution is -2.24. The van der Waals surface area contributed by atoms with Crippen molar-refractivity contribution in [2.24, 2.45) is 0 Å². The van der Waals surface area contributed by atoms with Crippen molar-refractivity contribution in [1.82, 2.24) is 14.3 Å². The summed E-state index contributed by atoms with van der Waals surface area (Å²) >= 11 is 6.23. The fraction of sp³-hybridized carbons (Fsp3) is 0.125. The average molecular weight is 513 g/mol. The minimum absolute atomic E-state index is 0.0519. The van der Waals surface area contributed by atoms with Crippen LogP contribution in [-0.4, -0.2) is 41.5 Å². The fourth-order valence-electron chi connectivity index (χ4n) is 3.67. The predicted molar refractivity (Wildman–Crippen MR) is 133 cm³/mol. The Morgan fingerprint density at radius 2 is 1.91 bits per heavy atom. The molecule has 2 aromatic heterocycles. The molecular formula is C24H21ClN4O5S. The van der Waals surface area contributed by atoms with Gasteiger partial charge in [0.15, 0.2) is 0 Å². The zero-order valence-corrected chi connectivity index (χ0v) is 20.1. The lowest BCUT2D eigenvalue weighted by atomic mass is 10.0. The number of benzene rings is 2. The van der Waals surface area contributed by atoms with Gasteiger partial charge in [-0.3, -0.25) is 9.78 Å². The van der Waals surface area contributed by atoms with Crippen molar-refractivity contribution in [2.45, 2.75) is 17.7 Å². The van der Waals surface area contributed by atoms with E-state index in [1.54, 1.807) is 30.6 Å². The molecule has 0 saturated heterocycles. The molecule has 0 spiro atoms. The van der Waals surface area contributed by atoms with E-state index in [4.69, 9.17) is 11.6 Å².